The molecule has 2 aromatic carbocycles. The Morgan fingerprint density at radius 2 is 1.88 bits per heavy atom. The Bertz CT molecular complexity index is 939. The molecule has 0 spiro atoms. The van der Waals surface area contributed by atoms with Gasteiger partial charge in [0.15, 0.2) is 0 Å². The Labute approximate surface area is 152 Å². The first-order valence-corrected chi connectivity index (χ1v) is 10.4. The van der Waals surface area contributed by atoms with Crippen LogP contribution in [-0.4, -0.2) is 26.6 Å². The van der Waals surface area contributed by atoms with E-state index in [-0.39, 0.29) is 10.8 Å². The van der Waals surface area contributed by atoms with Gasteiger partial charge in [0.2, 0.25) is 5.91 Å². The Morgan fingerprint density at radius 3 is 2.56 bits per heavy atom. The Balaban J connectivity index is 1.92. The third kappa shape index (κ3) is 3.67. The molecule has 1 aliphatic heterocycles. The average molecular weight is 377 g/mol. The number of sulfonamides is 1. The van der Waals surface area contributed by atoms with Gasteiger partial charge < -0.3 is 4.90 Å². The van der Waals surface area contributed by atoms with Crippen molar-refractivity contribution in [2.75, 3.05) is 21.9 Å². The van der Waals surface area contributed by atoms with Gasteiger partial charge in [0.1, 0.15) is 0 Å². The first-order chi connectivity index (χ1) is 11.8. The third-order valence-corrected chi connectivity index (χ3v) is 6.65. The van der Waals surface area contributed by atoms with Gasteiger partial charge in [0.05, 0.1) is 10.6 Å². The number of fused-ring (bicyclic) bond motifs is 1. The summed E-state index contributed by atoms with van der Waals surface area (Å²) in [6.07, 6.45) is 0. The molecule has 0 unspecified atom stereocenters. The largest absolute Gasteiger partial charge is 0.311 e. The van der Waals surface area contributed by atoms with Crippen LogP contribution in [0.15, 0.2) is 46.2 Å². The van der Waals surface area contributed by atoms with Gasteiger partial charge in [-0.05, 0) is 55.3 Å². The quantitative estimate of drug-likeness (QED) is 0.889. The van der Waals surface area contributed by atoms with Gasteiger partial charge in [0, 0.05) is 29.8 Å². The zero-order chi connectivity index (χ0) is 18.2. The van der Waals surface area contributed by atoms with Crippen LogP contribution >= 0.6 is 11.8 Å². The van der Waals surface area contributed by atoms with Crippen LogP contribution in [0.4, 0.5) is 11.4 Å². The predicted octanol–water partition coefficient (Wildman–Crippen LogP) is 3.56. The van der Waals surface area contributed by atoms with E-state index < -0.39 is 10.0 Å². The molecule has 7 heteroatoms. The van der Waals surface area contributed by atoms with E-state index >= 15 is 0 Å². The van der Waals surface area contributed by atoms with Gasteiger partial charge >= 0.3 is 0 Å². The summed E-state index contributed by atoms with van der Waals surface area (Å²) in [7, 11) is -3.68. The van der Waals surface area contributed by atoms with Gasteiger partial charge in [-0.15, -0.1) is 11.8 Å². The molecule has 0 aliphatic carbocycles. The van der Waals surface area contributed by atoms with E-state index in [4.69, 9.17) is 0 Å². The molecule has 1 heterocycles. The van der Waals surface area contributed by atoms with Gasteiger partial charge in [-0.2, -0.15) is 0 Å². The van der Waals surface area contributed by atoms with Crippen molar-refractivity contribution in [3.63, 3.8) is 0 Å². The standard InChI is InChI=1S/C18H20N2O3S2/c1-12-4-5-15(10-13(12)2)19-25(22,23)16-6-7-17-18(11-16)24-9-8-20(17)14(3)21/h4-7,10-11,19H,8-9H2,1-3H3. The number of amides is 1. The van der Waals surface area contributed by atoms with Crippen molar-refractivity contribution >= 4 is 39.1 Å². The first-order valence-electron chi connectivity index (χ1n) is 7.93. The summed E-state index contributed by atoms with van der Waals surface area (Å²) in [6.45, 7) is 6.08. The number of carbonyl (C=O) groups is 1. The van der Waals surface area contributed by atoms with Gasteiger partial charge in [-0.3, -0.25) is 9.52 Å². The lowest BCUT2D eigenvalue weighted by Gasteiger charge is -2.28. The van der Waals surface area contributed by atoms with E-state index in [0.29, 0.717) is 12.2 Å². The fourth-order valence-corrected chi connectivity index (χ4v) is 4.89. The van der Waals surface area contributed by atoms with Gasteiger partial charge in [0.25, 0.3) is 10.0 Å². The number of nitrogens with zero attached hydrogens (tertiary/aromatic N) is 1. The number of carbonyl (C=O) groups excluding carboxylic acids is 1. The third-order valence-electron chi connectivity index (χ3n) is 4.24. The maximum atomic E-state index is 12.7. The number of rotatable bonds is 3. The zero-order valence-electron chi connectivity index (χ0n) is 14.4. The SMILES string of the molecule is CC(=O)N1CCSc2cc(S(=O)(=O)Nc3ccc(C)c(C)c3)ccc21. The van der Waals surface area contributed by atoms with Crippen molar-refractivity contribution in [3.05, 3.63) is 47.5 Å². The highest BCUT2D eigenvalue weighted by molar-refractivity contribution is 7.99. The molecule has 0 saturated heterocycles. The topological polar surface area (TPSA) is 66.5 Å². The molecular weight excluding hydrogens is 356 g/mol. The number of benzene rings is 2. The molecule has 0 bridgehead atoms. The van der Waals surface area contributed by atoms with E-state index in [2.05, 4.69) is 4.72 Å². The van der Waals surface area contributed by atoms with Crippen LogP contribution in [0.1, 0.15) is 18.1 Å². The number of hydrogen-bond acceptors (Lipinski definition) is 4. The maximum Gasteiger partial charge on any atom is 0.261 e. The molecule has 0 atom stereocenters. The smallest absolute Gasteiger partial charge is 0.261 e. The summed E-state index contributed by atoms with van der Waals surface area (Å²) in [5, 5.41) is 0. The average Bonchev–Trinajstić information content (AvgIpc) is 2.56. The van der Waals surface area contributed by atoms with E-state index in [1.54, 1.807) is 40.9 Å². The molecule has 1 amide bonds. The normalized spacial score (nSPS) is 14.1. The summed E-state index contributed by atoms with van der Waals surface area (Å²) < 4.78 is 28.0. The van der Waals surface area contributed by atoms with Crippen LogP contribution in [0, 0.1) is 13.8 Å². The van der Waals surface area contributed by atoms with Crippen molar-refractivity contribution in [1.29, 1.82) is 0 Å². The fourth-order valence-electron chi connectivity index (χ4n) is 2.71. The summed E-state index contributed by atoms with van der Waals surface area (Å²) in [5.41, 5.74) is 3.45. The molecule has 0 aromatic heterocycles. The minimum absolute atomic E-state index is 0.0367. The van der Waals surface area contributed by atoms with Crippen LogP contribution in [-0.2, 0) is 14.8 Å². The minimum atomic E-state index is -3.68. The highest BCUT2D eigenvalue weighted by atomic mass is 32.2. The molecule has 1 N–H and O–H groups in total. The van der Waals surface area contributed by atoms with Crippen LogP contribution in [0.3, 0.4) is 0 Å². The van der Waals surface area contributed by atoms with E-state index in [0.717, 1.165) is 27.5 Å². The lowest BCUT2D eigenvalue weighted by Crippen LogP contribution is -2.33. The highest BCUT2D eigenvalue weighted by Crippen LogP contribution is 2.36. The summed E-state index contributed by atoms with van der Waals surface area (Å²) in [5.74, 6) is 0.714. The highest BCUT2D eigenvalue weighted by Gasteiger charge is 2.23. The van der Waals surface area contributed by atoms with Crippen molar-refractivity contribution < 1.29 is 13.2 Å². The zero-order valence-corrected chi connectivity index (χ0v) is 16.0. The second-order valence-corrected chi connectivity index (χ2v) is 8.87. The van der Waals surface area contributed by atoms with E-state index in [9.17, 15) is 13.2 Å². The van der Waals surface area contributed by atoms with Crippen molar-refractivity contribution in [3.8, 4) is 0 Å². The van der Waals surface area contributed by atoms with Crippen LogP contribution in [0.5, 0.6) is 0 Å². The summed E-state index contributed by atoms with van der Waals surface area (Å²) >= 11 is 1.56. The van der Waals surface area contributed by atoms with Gasteiger partial charge in [-0.1, -0.05) is 6.07 Å². The monoisotopic (exact) mass is 376 g/mol. The number of thioether (sulfide) groups is 1. The van der Waals surface area contributed by atoms with Gasteiger partial charge in [-0.25, -0.2) is 8.42 Å². The predicted molar refractivity (Wildman–Crippen MR) is 102 cm³/mol. The second-order valence-electron chi connectivity index (χ2n) is 6.05. The summed E-state index contributed by atoms with van der Waals surface area (Å²) in [6, 6.07) is 10.4. The first kappa shape index (κ1) is 17.8. The van der Waals surface area contributed by atoms with Crippen LogP contribution < -0.4 is 9.62 Å². The molecule has 1 aliphatic rings. The molecule has 3 rings (SSSR count). The Kier molecular flexibility index (Phi) is 4.79. The lowest BCUT2D eigenvalue weighted by molar-refractivity contribution is -0.116. The maximum absolute atomic E-state index is 12.7. The Morgan fingerprint density at radius 1 is 1.12 bits per heavy atom. The lowest BCUT2D eigenvalue weighted by atomic mass is 10.1. The number of aryl methyl sites for hydroxylation is 2. The van der Waals surface area contributed by atoms with Crippen LogP contribution in [0.25, 0.3) is 0 Å². The van der Waals surface area contributed by atoms with E-state index in [1.165, 1.54) is 6.92 Å². The number of hydrogen-bond donors (Lipinski definition) is 1. The fraction of sp³-hybridized carbons (Fsp3) is 0.278. The molecule has 5 nitrogen and oxygen atoms in total. The van der Waals surface area contributed by atoms with Crippen LogP contribution in [0.2, 0.25) is 0 Å². The van der Waals surface area contributed by atoms with Crippen molar-refractivity contribution in [2.24, 2.45) is 0 Å². The molecule has 2 aromatic rings. The molecular formula is C18H20N2O3S2. The molecule has 0 fully saturated rings. The molecule has 0 radical (unpaired) electrons. The number of nitrogens with one attached hydrogen (secondary N) is 1. The number of anilines is 2. The van der Waals surface area contributed by atoms with Crippen molar-refractivity contribution in [1.82, 2.24) is 0 Å². The summed E-state index contributed by atoms with van der Waals surface area (Å²) in [4.78, 5) is 14.4. The molecule has 0 saturated carbocycles. The second kappa shape index (κ2) is 6.72. The molecule has 25 heavy (non-hydrogen) atoms. The minimum Gasteiger partial charge on any atom is -0.311 e. The Hall–Kier alpha value is -1.99. The van der Waals surface area contributed by atoms with Crippen molar-refractivity contribution in [2.45, 2.75) is 30.6 Å². The molecule has 132 valence electrons. The van der Waals surface area contributed by atoms with E-state index in [1.807, 2.05) is 26.0 Å².